The molecular formula is C60H44N2O3. The lowest BCUT2D eigenvalue weighted by molar-refractivity contribution is 0.660. The Morgan fingerprint density at radius 1 is 0.385 bits per heavy atom. The molecule has 0 saturated heterocycles. The summed E-state index contributed by atoms with van der Waals surface area (Å²) < 4.78 is 20.9. The van der Waals surface area contributed by atoms with Crippen molar-refractivity contribution in [1.29, 1.82) is 0 Å². The standard InChI is InChI=1S/C60H44N2O3/c1-35-27-29-37(3)51(31-35)61(49-23-13-21-45-41-17-9-11-25-55(41)63-59(45)49)53-33-47-48-34-54(40-16-6-8-20-44(40)58(48)65-57(47)43-19-7-5-15-39(43)53)62(52-32-36(2)28-30-38(52)4)50-24-14-22-46-42-18-10-12-26-56(42)64-60(46)50/h5-31,33-34,52H,32H2,1-4H3. The second-order valence-electron chi connectivity index (χ2n) is 17.9. The number of allylic oxidation sites excluding steroid dienone is 2. The van der Waals surface area contributed by atoms with Gasteiger partial charge < -0.3 is 23.1 Å². The van der Waals surface area contributed by atoms with E-state index in [1.807, 2.05) is 12.1 Å². The maximum absolute atomic E-state index is 7.22. The van der Waals surface area contributed by atoms with Gasteiger partial charge in [-0.2, -0.15) is 0 Å². The highest BCUT2D eigenvalue weighted by Gasteiger charge is 2.31. The second kappa shape index (κ2) is 14.2. The van der Waals surface area contributed by atoms with Crippen LogP contribution in [-0.4, -0.2) is 6.04 Å². The minimum absolute atomic E-state index is 0.0401. The number of fused-ring (bicyclic) bond motifs is 13. The first kappa shape index (κ1) is 37.5. The molecule has 65 heavy (non-hydrogen) atoms. The van der Waals surface area contributed by atoms with Gasteiger partial charge in [-0.1, -0.05) is 145 Å². The van der Waals surface area contributed by atoms with E-state index in [1.165, 1.54) is 16.7 Å². The van der Waals surface area contributed by atoms with Gasteiger partial charge in [0.2, 0.25) is 0 Å². The van der Waals surface area contributed by atoms with Gasteiger partial charge in [-0.25, -0.2) is 0 Å². The van der Waals surface area contributed by atoms with Gasteiger partial charge in [0.1, 0.15) is 22.3 Å². The molecule has 1 atom stereocenters. The Bertz CT molecular complexity index is 4010. The van der Waals surface area contributed by atoms with Gasteiger partial charge in [0, 0.05) is 59.5 Å². The molecule has 0 spiro atoms. The van der Waals surface area contributed by atoms with Crippen LogP contribution in [0.5, 0.6) is 0 Å². The maximum atomic E-state index is 7.22. The van der Waals surface area contributed by atoms with Crippen LogP contribution in [0.4, 0.5) is 28.4 Å². The minimum atomic E-state index is 0.0401. The molecule has 5 heteroatoms. The normalized spacial score (nSPS) is 14.4. The van der Waals surface area contributed by atoms with Gasteiger partial charge in [0.15, 0.2) is 11.2 Å². The Kier molecular flexibility index (Phi) is 8.23. The first-order chi connectivity index (χ1) is 31.9. The summed E-state index contributed by atoms with van der Waals surface area (Å²) in [5.41, 5.74) is 15.4. The quantitative estimate of drug-likeness (QED) is 0.167. The molecule has 9 aromatic carbocycles. The van der Waals surface area contributed by atoms with Crippen LogP contribution in [0.25, 0.3) is 87.4 Å². The fourth-order valence-corrected chi connectivity index (χ4v) is 10.6. The zero-order valence-electron chi connectivity index (χ0n) is 36.6. The fourth-order valence-electron chi connectivity index (χ4n) is 10.6. The molecule has 5 nitrogen and oxygen atoms in total. The molecule has 1 aliphatic rings. The van der Waals surface area contributed by atoms with Crippen LogP contribution in [0.2, 0.25) is 0 Å². The second-order valence-corrected chi connectivity index (χ2v) is 17.9. The summed E-state index contributed by atoms with van der Waals surface area (Å²) in [4.78, 5) is 4.95. The number of benzene rings is 9. The topological polar surface area (TPSA) is 45.9 Å². The number of hydrogen-bond acceptors (Lipinski definition) is 5. The summed E-state index contributed by atoms with van der Waals surface area (Å²) in [6.45, 7) is 8.86. The minimum Gasteiger partial charge on any atom is -0.455 e. The van der Waals surface area contributed by atoms with Gasteiger partial charge >= 0.3 is 0 Å². The van der Waals surface area contributed by atoms with E-state index in [0.29, 0.717) is 0 Å². The van der Waals surface area contributed by atoms with Crippen LogP contribution in [0.1, 0.15) is 31.4 Å². The van der Waals surface area contributed by atoms with Crippen molar-refractivity contribution in [3.8, 4) is 0 Å². The first-order valence-corrected chi connectivity index (χ1v) is 22.5. The van der Waals surface area contributed by atoms with Crippen LogP contribution in [0.15, 0.2) is 200 Å². The van der Waals surface area contributed by atoms with E-state index < -0.39 is 0 Å². The average molecular weight is 841 g/mol. The van der Waals surface area contributed by atoms with Crippen LogP contribution in [-0.2, 0) is 0 Å². The van der Waals surface area contributed by atoms with E-state index in [2.05, 4.69) is 201 Å². The van der Waals surface area contributed by atoms with E-state index in [4.69, 9.17) is 13.3 Å². The third-order valence-corrected chi connectivity index (χ3v) is 13.8. The molecule has 0 bridgehead atoms. The lowest BCUT2D eigenvalue weighted by atomic mass is 9.91. The highest BCUT2D eigenvalue weighted by molar-refractivity contribution is 6.26. The van der Waals surface area contributed by atoms with Gasteiger partial charge in [-0.3, -0.25) is 0 Å². The Morgan fingerprint density at radius 3 is 1.54 bits per heavy atom. The third-order valence-electron chi connectivity index (χ3n) is 13.8. The smallest absolute Gasteiger partial charge is 0.159 e. The van der Waals surface area contributed by atoms with Crippen molar-refractivity contribution >= 4 is 116 Å². The third kappa shape index (κ3) is 5.65. The average Bonchev–Trinajstić information content (AvgIpc) is 4.04. The van der Waals surface area contributed by atoms with Crippen molar-refractivity contribution in [3.05, 3.63) is 198 Å². The molecule has 3 heterocycles. The molecule has 12 aromatic rings. The van der Waals surface area contributed by atoms with E-state index in [0.717, 1.165) is 128 Å². The molecule has 0 N–H and O–H groups in total. The van der Waals surface area contributed by atoms with Crippen molar-refractivity contribution in [2.75, 3.05) is 9.80 Å². The molecule has 13 rings (SSSR count). The van der Waals surface area contributed by atoms with Crippen molar-refractivity contribution in [1.82, 2.24) is 0 Å². The van der Waals surface area contributed by atoms with E-state index in [1.54, 1.807) is 0 Å². The Balaban J connectivity index is 1.14. The molecular weight excluding hydrogens is 797 g/mol. The molecule has 0 radical (unpaired) electrons. The number of rotatable bonds is 6. The Morgan fingerprint density at radius 2 is 0.892 bits per heavy atom. The number of aryl methyl sites for hydroxylation is 2. The predicted molar refractivity (Wildman–Crippen MR) is 272 cm³/mol. The first-order valence-electron chi connectivity index (χ1n) is 22.5. The molecule has 312 valence electrons. The zero-order chi connectivity index (χ0) is 43.5. The summed E-state index contributed by atoms with van der Waals surface area (Å²) in [7, 11) is 0. The van der Waals surface area contributed by atoms with E-state index in [-0.39, 0.29) is 6.04 Å². The summed E-state index contributed by atoms with van der Waals surface area (Å²) in [6, 6.07) is 58.7. The summed E-state index contributed by atoms with van der Waals surface area (Å²) in [5.74, 6) is 0. The van der Waals surface area contributed by atoms with Gasteiger partial charge in [-0.05, 0) is 87.7 Å². The summed E-state index contributed by atoms with van der Waals surface area (Å²) >= 11 is 0. The largest absolute Gasteiger partial charge is 0.455 e. The lowest BCUT2D eigenvalue weighted by Gasteiger charge is -2.37. The van der Waals surface area contributed by atoms with Crippen molar-refractivity contribution < 1.29 is 13.3 Å². The zero-order valence-corrected chi connectivity index (χ0v) is 36.6. The number of para-hydroxylation sites is 4. The molecule has 0 amide bonds. The number of anilines is 5. The molecule has 0 saturated carbocycles. The summed E-state index contributed by atoms with van der Waals surface area (Å²) in [5, 5.41) is 10.8. The van der Waals surface area contributed by atoms with E-state index in [9.17, 15) is 0 Å². The van der Waals surface area contributed by atoms with Crippen molar-refractivity contribution in [2.24, 2.45) is 0 Å². The number of hydrogen-bond donors (Lipinski definition) is 0. The maximum Gasteiger partial charge on any atom is 0.159 e. The molecule has 1 unspecified atom stereocenters. The molecule has 0 aliphatic heterocycles. The highest BCUT2D eigenvalue weighted by Crippen LogP contribution is 2.51. The van der Waals surface area contributed by atoms with Crippen molar-refractivity contribution in [3.63, 3.8) is 0 Å². The lowest BCUT2D eigenvalue weighted by Crippen LogP contribution is -2.33. The van der Waals surface area contributed by atoms with Gasteiger partial charge in [0.05, 0.1) is 28.8 Å². The van der Waals surface area contributed by atoms with E-state index >= 15 is 0 Å². The number of furan rings is 3. The van der Waals surface area contributed by atoms with Crippen LogP contribution in [0.3, 0.4) is 0 Å². The predicted octanol–water partition coefficient (Wildman–Crippen LogP) is 17.6. The monoisotopic (exact) mass is 840 g/mol. The van der Waals surface area contributed by atoms with Gasteiger partial charge in [0.25, 0.3) is 0 Å². The van der Waals surface area contributed by atoms with Crippen LogP contribution >= 0.6 is 0 Å². The van der Waals surface area contributed by atoms with Crippen molar-refractivity contribution in [2.45, 2.75) is 40.2 Å². The Labute approximate surface area is 375 Å². The summed E-state index contributed by atoms with van der Waals surface area (Å²) in [6.07, 6.45) is 5.42. The van der Waals surface area contributed by atoms with Gasteiger partial charge in [-0.15, -0.1) is 0 Å². The number of nitrogens with zero attached hydrogens (tertiary/aromatic N) is 2. The molecule has 1 aliphatic carbocycles. The fraction of sp³-hybridized carbons (Fsp3) is 0.100. The Hall–Kier alpha value is -8.02. The molecule has 3 aromatic heterocycles. The SMILES string of the molecule is CC1=CC=C(C)C(N(c2cc3c4cc(N(c5cc(C)ccc5C)c5cccc6c5oc5ccccc56)c5ccccc5c4oc3c3ccccc23)c2cccc3c2oc2ccccc23)C1. The van der Waals surface area contributed by atoms with Crippen LogP contribution < -0.4 is 9.80 Å². The highest BCUT2D eigenvalue weighted by atomic mass is 16.3. The molecule has 0 fully saturated rings. The van der Waals surface area contributed by atoms with Crippen LogP contribution in [0, 0.1) is 13.8 Å².